The molecule has 0 spiro atoms. The molecule has 2 atom stereocenters. The Balaban J connectivity index is 2.43. The number of esters is 1. The Morgan fingerprint density at radius 2 is 2.05 bits per heavy atom. The van der Waals surface area contributed by atoms with E-state index in [1.54, 1.807) is 27.7 Å². The van der Waals surface area contributed by atoms with Crippen LogP contribution in [-0.4, -0.2) is 43.1 Å². The van der Waals surface area contributed by atoms with E-state index in [0.717, 1.165) is 0 Å². The summed E-state index contributed by atoms with van der Waals surface area (Å²) < 4.78 is 9.69. The molecule has 7 heteroatoms. The number of amides is 1. The van der Waals surface area contributed by atoms with Crippen molar-refractivity contribution in [1.29, 1.82) is 0 Å². The molecule has 1 heterocycles. The van der Waals surface area contributed by atoms with Crippen LogP contribution in [-0.2, 0) is 19.1 Å². The van der Waals surface area contributed by atoms with Crippen LogP contribution in [0.25, 0.3) is 0 Å². The van der Waals surface area contributed by atoms with E-state index in [2.05, 4.69) is 15.2 Å². The normalized spacial score (nSPS) is 22.3. The minimum atomic E-state index is -0.750. The largest absolute Gasteiger partial charge is 0.466 e. The summed E-state index contributed by atoms with van der Waals surface area (Å²) in [5.74, 6) is -0.731. The molecule has 1 aliphatic rings. The van der Waals surface area contributed by atoms with Crippen LogP contribution in [0.5, 0.6) is 0 Å². The van der Waals surface area contributed by atoms with Crippen molar-refractivity contribution in [2.24, 2.45) is 11.1 Å². The van der Waals surface area contributed by atoms with E-state index in [-0.39, 0.29) is 12.5 Å². The molecule has 0 aliphatic carbocycles. The summed E-state index contributed by atoms with van der Waals surface area (Å²) in [6, 6.07) is 0. The molecule has 108 valence electrons. The van der Waals surface area contributed by atoms with Gasteiger partial charge in [0.1, 0.15) is 5.60 Å². The highest BCUT2D eigenvalue weighted by molar-refractivity contribution is 5.95. The molecule has 0 saturated heterocycles. The Bertz CT molecular complexity index is 386. The van der Waals surface area contributed by atoms with Gasteiger partial charge in [0.25, 0.3) is 0 Å². The Kier molecular flexibility index (Phi) is 4.74. The average molecular weight is 272 g/mol. The van der Waals surface area contributed by atoms with Crippen molar-refractivity contribution >= 4 is 17.8 Å². The first kappa shape index (κ1) is 15.3. The SMILES string of the molecule is COC(=O)C1ON=C(CNC(=O)OC(C)(C)C)C1C. The molecule has 0 aromatic heterocycles. The lowest BCUT2D eigenvalue weighted by atomic mass is 10.00. The fraction of sp³-hybridized carbons (Fsp3) is 0.750. The summed E-state index contributed by atoms with van der Waals surface area (Å²) in [6.07, 6.45) is -1.29. The van der Waals surface area contributed by atoms with E-state index >= 15 is 0 Å². The Hall–Kier alpha value is -1.79. The van der Waals surface area contributed by atoms with Crippen molar-refractivity contribution in [2.75, 3.05) is 13.7 Å². The van der Waals surface area contributed by atoms with Gasteiger partial charge in [0, 0.05) is 0 Å². The van der Waals surface area contributed by atoms with E-state index in [1.807, 2.05) is 0 Å². The number of carbonyl (C=O) groups is 2. The number of methoxy groups -OCH3 is 1. The number of nitrogens with zero attached hydrogens (tertiary/aromatic N) is 1. The minimum Gasteiger partial charge on any atom is -0.466 e. The maximum absolute atomic E-state index is 11.5. The highest BCUT2D eigenvalue weighted by Gasteiger charge is 2.37. The van der Waals surface area contributed by atoms with Gasteiger partial charge in [-0.2, -0.15) is 0 Å². The zero-order chi connectivity index (χ0) is 14.6. The number of oxime groups is 1. The summed E-state index contributed by atoms with van der Waals surface area (Å²) >= 11 is 0. The number of hydrogen-bond donors (Lipinski definition) is 1. The zero-order valence-corrected chi connectivity index (χ0v) is 11.9. The number of hydrogen-bond acceptors (Lipinski definition) is 6. The Morgan fingerprint density at radius 1 is 1.42 bits per heavy atom. The van der Waals surface area contributed by atoms with Crippen molar-refractivity contribution in [3.63, 3.8) is 0 Å². The van der Waals surface area contributed by atoms with Gasteiger partial charge in [0.05, 0.1) is 25.3 Å². The van der Waals surface area contributed by atoms with Crippen LogP contribution in [0.4, 0.5) is 4.79 Å². The number of alkyl carbamates (subject to hydrolysis) is 1. The van der Waals surface area contributed by atoms with Gasteiger partial charge in [-0.15, -0.1) is 0 Å². The lowest BCUT2D eigenvalue weighted by molar-refractivity contribution is -0.154. The summed E-state index contributed by atoms with van der Waals surface area (Å²) in [7, 11) is 1.29. The first-order valence-electron chi connectivity index (χ1n) is 6.02. The molecule has 1 amide bonds. The standard InChI is InChI=1S/C12H20N2O5/c1-7-8(14-19-9(7)10(15)17-5)6-13-11(16)18-12(2,3)4/h7,9H,6H2,1-5H3,(H,13,16). The van der Waals surface area contributed by atoms with E-state index in [0.29, 0.717) is 5.71 Å². The van der Waals surface area contributed by atoms with Gasteiger partial charge in [-0.25, -0.2) is 9.59 Å². The van der Waals surface area contributed by atoms with E-state index < -0.39 is 23.8 Å². The summed E-state index contributed by atoms with van der Waals surface area (Å²) in [4.78, 5) is 27.8. The number of rotatable bonds is 3. The highest BCUT2D eigenvalue weighted by atomic mass is 16.7. The van der Waals surface area contributed by atoms with Crippen molar-refractivity contribution < 1.29 is 23.9 Å². The van der Waals surface area contributed by atoms with Crippen LogP contribution >= 0.6 is 0 Å². The van der Waals surface area contributed by atoms with Gasteiger partial charge in [-0.05, 0) is 20.8 Å². The third-order valence-corrected chi connectivity index (χ3v) is 2.51. The van der Waals surface area contributed by atoms with Crippen LogP contribution in [0, 0.1) is 5.92 Å². The van der Waals surface area contributed by atoms with E-state index in [1.165, 1.54) is 7.11 Å². The second-order valence-electron chi connectivity index (χ2n) is 5.28. The number of nitrogens with one attached hydrogen (secondary N) is 1. The predicted octanol–water partition coefficient (Wildman–Crippen LogP) is 1.07. The highest BCUT2D eigenvalue weighted by Crippen LogP contribution is 2.19. The molecule has 19 heavy (non-hydrogen) atoms. The molecule has 1 aliphatic heterocycles. The predicted molar refractivity (Wildman–Crippen MR) is 67.7 cm³/mol. The maximum Gasteiger partial charge on any atom is 0.407 e. The average Bonchev–Trinajstić information content (AvgIpc) is 2.65. The van der Waals surface area contributed by atoms with Gasteiger partial charge in [0.2, 0.25) is 6.10 Å². The molecule has 0 aromatic carbocycles. The number of ether oxygens (including phenoxy) is 2. The molecule has 0 radical (unpaired) electrons. The van der Waals surface area contributed by atoms with Crippen LogP contribution in [0.15, 0.2) is 5.16 Å². The smallest absolute Gasteiger partial charge is 0.407 e. The molecule has 0 fully saturated rings. The molecule has 1 N–H and O–H groups in total. The summed E-state index contributed by atoms with van der Waals surface area (Å²) in [5.41, 5.74) is 0.0133. The second kappa shape index (κ2) is 5.90. The monoisotopic (exact) mass is 272 g/mol. The maximum atomic E-state index is 11.5. The number of carbonyl (C=O) groups excluding carboxylic acids is 2. The van der Waals surface area contributed by atoms with Gasteiger partial charge in [-0.1, -0.05) is 12.1 Å². The van der Waals surface area contributed by atoms with Gasteiger partial charge in [0.15, 0.2) is 0 Å². The van der Waals surface area contributed by atoms with E-state index in [4.69, 9.17) is 9.57 Å². The fourth-order valence-corrected chi connectivity index (χ4v) is 1.51. The Morgan fingerprint density at radius 3 is 2.58 bits per heavy atom. The minimum absolute atomic E-state index is 0.170. The molecule has 0 saturated carbocycles. The molecule has 1 rings (SSSR count). The fourth-order valence-electron chi connectivity index (χ4n) is 1.51. The zero-order valence-electron chi connectivity index (χ0n) is 11.9. The van der Waals surface area contributed by atoms with Gasteiger partial charge < -0.3 is 19.6 Å². The quantitative estimate of drug-likeness (QED) is 0.777. The third-order valence-electron chi connectivity index (χ3n) is 2.51. The molecule has 0 aromatic rings. The summed E-state index contributed by atoms with van der Waals surface area (Å²) in [6.45, 7) is 7.28. The lowest BCUT2D eigenvalue weighted by Gasteiger charge is -2.20. The molecular formula is C12H20N2O5. The first-order valence-corrected chi connectivity index (χ1v) is 6.02. The van der Waals surface area contributed by atoms with E-state index in [9.17, 15) is 9.59 Å². The second-order valence-corrected chi connectivity index (χ2v) is 5.28. The van der Waals surface area contributed by atoms with Crippen LogP contribution in [0.1, 0.15) is 27.7 Å². The van der Waals surface area contributed by atoms with Crippen LogP contribution in [0.3, 0.4) is 0 Å². The van der Waals surface area contributed by atoms with Crippen molar-refractivity contribution in [1.82, 2.24) is 5.32 Å². The molecular weight excluding hydrogens is 252 g/mol. The Labute approximate surface area is 112 Å². The van der Waals surface area contributed by atoms with Gasteiger partial charge in [-0.3, -0.25) is 0 Å². The molecule has 2 unspecified atom stereocenters. The van der Waals surface area contributed by atoms with Crippen LogP contribution < -0.4 is 5.32 Å². The van der Waals surface area contributed by atoms with Crippen molar-refractivity contribution in [2.45, 2.75) is 39.4 Å². The van der Waals surface area contributed by atoms with Crippen LogP contribution in [0.2, 0.25) is 0 Å². The molecule has 7 nitrogen and oxygen atoms in total. The lowest BCUT2D eigenvalue weighted by Crippen LogP contribution is -2.38. The summed E-state index contributed by atoms with van der Waals surface area (Å²) in [5, 5.41) is 6.35. The third kappa shape index (κ3) is 4.42. The van der Waals surface area contributed by atoms with Crippen molar-refractivity contribution in [3.05, 3.63) is 0 Å². The van der Waals surface area contributed by atoms with Gasteiger partial charge >= 0.3 is 12.1 Å². The first-order chi connectivity index (χ1) is 8.74. The topological polar surface area (TPSA) is 86.2 Å². The molecule has 0 bridgehead atoms. The van der Waals surface area contributed by atoms with Crippen molar-refractivity contribution in [3.8, 4) is 0 Å².